The van der Waals surface area contributed by atoms with Gasteiger partial charge in [0.1, 0.15) is 5.75 Å². The molecule has 1 amide bonds. The Morgan fingerprint density at radius 1 is 1.35 bits per heavy atom. The van der Waals surface area contributed by atoms with Crippen LogP contribution >= 0.6 is 0 Å². The van der Waals surface area contributed by atoms with Gasteiger partial charge in [0.15, 0.2) is 6.04 Å². The van der Waals surface area contributed by atoms with E-state index in [0.717, 1.165) is 5.75 Å². The van der Waals surface area contributed by atoms with Crippen LogP contribution in [-0.4, -0.2) is 46.4 Å². The fourth-order valence-electron chi connectivity index (χ4n) is 1.32. The van der Waals surface area contributed by atoms with Gasteiger partial charge >= 0.3 is 5.97 Å². The summed E-state index contributed by atoms with van der Waals surface area (Å²) in [6, 6.07) is 7.26. The number of methoxy groups -OCH3 is 3. The third kappa shape index (κ3) is 7.38. The fourth-order valence-corrected chi connectivity index (χ4v) is 1.32. The number of benzene rings is 1. The van der Waals surface area contributed by atoms with Crippen molar-refractivity contribution in [1.82, 2.24) is 5.32 Å². The topological polar surface area (TPSA) is 73.9 Å². The van der Waals surface area contributed by atoms with Crippen LogP contribution in [-0.2, 0) is 19.1 Å². The Balaban J connectivity index is 0.000000367. The average molecular weight is 283 g/mol. The summed E-state index contributed by atoms with van der Waals surface area (Å²) in [5, 5.41) is 2.25. The van der Waals surface area contributed by atoms with E-state index in [9.17, 15) is 9.59 Å². The van der Waals surface area contributed by atoms with Crippen molar-refractivity contribution < 1.29 is 23.8 Å². The second-order valence-corrected chi connectivity index (χ2v) is 3.84. The summed E-state index contributed by atoms with van der Waals surface area (Å²) in [7, 11) is 4.36. The maximum atomic E-state index is 10.8. The zero-order valence-electron chi connectivity index (χ0n) is 12.2. The number of ether oxygens (including phenoxy) is 3. The standard InChI is InChI=1S/C8H10O.C6H11NO4/c1-7-4-3-5-8(6-7)9-2;1-10-3-5(7-4-8)6(9)11-2/h3-6H,1-2H3;4-5H,3H2,1-2H3,(H,7,8)/t;5-/m.0/s1. The molecule has 0 aliphatic rings. The van der Waals surface area contributed by atoms with E-state index < -0.39 is 12.0 Å². The Bertz CT molecular complexity index is 408. The summed E-state index contributed by atoms with van der Waals surface area (Å²) >= 11 is 0. The number of amides is 1. The average Bonchev–Trinajstić information content (AvgIpc) is 2.47. The maximum Gasteiger partial charge on any atom is 0.330 e. The molecule has 0 aliphatic heterocycles. The molecule has 0 unspecified atom stereocenters. The van der Waals surface area contributed by atoms with E-state index in [1.54, 1.807) is 7.11 Å². The molecule has 0 bridgehead atoms. The fraction of sp³-hybridized carbons (Fsp3) is 0.429. The summed E-state index contributed by atoms with van der Waals surface area (Å²) in [5.41, 5.74) is 1.23. The molecule has 1 atom stereocenters. The van der Waals surface area contributed by atoms with Crippen LogP contribution in [0.3, 0.4) is 0 Å². The summed E-state index contributed by atoms with van der Waals surface area (Å²) in [4.78, 5) is 20.7. The van der Waals surface area contributed by atoms with Crippen molar-refractivity contribution in [3.8, 4) is 5.75 Å². The molecule has 1 aromatic rings. The molecule has 0 saturated heterocycles. The number of hydrogen-bond acceptors (Lipinski definition) is 5. The first-order chi connectivity index (χ1) is 9.58. The third-order valence-electron chi connectivity index (χ3n) is 2.31. The molecule has 112 valence electrons. The summed E-state index contributed by atoms with van der Waals surface area (Å²) in [5.74, 6) is 0.411. The second-order valence-electron chi connectivity index (χ2n) is 3.84. The Hall–Kier alpha value is -2.08. The van der Waals surface area contributed by atoms with Crippen LogP contribution in [0.1, 0.15) is 5.56 Å². The first-order valence-corrected chi connectivity index (χ1v) is 5.96. The molecular formula is C14H21NO5. The molecule has 0 aromatic heterocycles. The molecule has 6 nitrogen and oxygen atoms in total. The van der Waals surface area contributed by atoms with Crippen molar-refractivity contribution >= 4 is 12.4 Å². The van der Waals surface area contributed by atoms with Crippen LogP contribution in [0, 0.1) is 6.92 Å². The van der Waals surface area contributed by atoms with E-state index >= 15 is 0 Å². The van der Waals surface area contributed by atoms with Crippen molar-refractivity contribution in [2.24, 2.45) is 0 Å². The molecule has 1 aromatic carbocycles. The van der Waals surface area contributed by atoms with Crippen molar-refractivity contribution in [1.29, 1.82) is 0 Å². The lowest BCUT2D eigenvalue weighted by molar-refractivity contribution is -0.145. The Labute approximate surface area is 119 Å². The van der Waals surface area contributed by atoms with E-state index in [1.165, 1.54) is 19.8 Å². The zero-order chi connectivity index (χ0) is 15.4. The van der Waals surface area contributed by atoms with Gasteiger partial charge < -0.3 is 19.5 Å². The molecule has 1 N–H and O–H groups in total. The predicted molar refractivity (Wildman–Crippen MR) is 74.6 cm³/mol. The zero-order valence-corrected chi connectivity index (χ0v) is 12.2. The Morgan fingerprint density at radius 3 is 2.45 bits per heavy atom. The molecule has 0 fully saturated rings. The van der Waals surface area contributed by atoms with Gasteiger partial charge in [-0.3, -0.25) is 4.79 Å². The van der Waals surface area contributed by atoms with Crippen molar-refractivity contribution in [2.45, 2.75) is 13.0 Å². The molecule has 0 radical (unpaired) electrons. The van der Waals surface area contributed by atoms with Crippen LogP contribution in [0.15, 0.2) is 24.3 Å². The summed E-state index contributed by atoms with van der Waals surface area (Å²) < 4.78 is 14.0. The number of nitrogens with one attached hydrogen (secondary N) is 1. The highest BCUT2D eigenvalue weighted by Gasteiger charge is 2.16. The highest BCUT2D eigenvalue weighted by Crippen LogP contribution is 2.10. The van der Waals surface area contributed by atoms with Crippen LogP contribution in [0.25, 0.3) is 0 Å². The van der Waals surface area contributed by atoms with Crippen LogP contribution < -0.4 is 10.1 Å². The minimum Gasteiger partial charge on any atom is -0.497 e. The van der Waals surface area contributed by atoms with Gasteiger partial charge in [-0.15, -0.1) is 0 Å². The molecule has 6 heteroatoms. The van der Waals surface area contributed by atoms with Crippen LogP contribution in [0.4, 0.5) is 0 Å². The lowest BCUT2D eigenvalue weighted by Crippen LogP contribution is -2.40. The Morgan fingerprint density at radius 2 is 2.05 bits per heavy atom. The molecule has 1 rings (SSSR count). The van der Waals surface area contributed by atoms with E-state index in [-0.39, 0.29) is 6.61 Å². The van der Waals surface area contributed by atoms with Gasteiger partial charge in [0.05, 0.1) is 20.8 Å². The monoisotopic (exact) mass is 283 g/mol. The van der Waals surface area contributed by atoms with E-state index in [1.807, 2.05) is 31.2 Å². The summed E-state index contributed by atoms with van der Waals surface area (Å²) in [6.45, 7) is 2.16. The molecule has 0 saturated carbocycles. The van der Waals surface area contributed by atoms with E-state index in [0.29, 0.717) is 6.41 Å². The molecular weight excluding hydrogens is 262 g/mol. The highest BCUT2D eigenvalue weighted by atomic mass is 16.5. The SMILES string of the molecule is COC[C@H](NC=O)C(=O)OC.COc1cccc(C)c1. The predicted octanol–water partition coefficient (Wildman–Crippen LogP) is 0.924. The van der Waals surface area contributed by atoms with Crippen molar-refractivity contribution in [2.75, 3.05) is 27.9 Å². The minimum absolute atomic E-state index is 0.116. The van der Waals surface area contributed by atoms with Gasteiger partial charge in [0.2, 0.25) is 6.41 Å². The van der Waals surface area contributed by atoms with Gasteiger partial charge in [-0.05, 0) is 24.6 Å². The first kappa shape index (κ1) is 17.9. The molecule has 0 spiro atoms. The van der Waals surface area contributed by atoms with Gasteiger partial charge in [0, 0.05) is 7.11 Å². The number of carbonyl (C=O) groups is 2. The van der Waals surface area contributed by atoms with Crippen LogP contribution in [0.5, 0.6) is 5.75 Å². The first-order valence-electron chi connectivity index (χ1n) is 5.96. The van der Waals surface area contributed by atoms with Gasteiger partial charge in [-0.2, -0.15) is 0 Å². The number of aryl methyl sites for hydroxylation is 1. The maximum absolute atomic E-state index is 10.8. The van der Waals surface area contributed by atoms with Gasteiger partial charge in [-0.1, -0.05) is 12.1 Å². The van der Waals surface area contributed by atoms with Gasteiger partial charge in [0.25, 0.3) is 0 Å². The van der Waals surface area contributed by atoms with Crippen LogP contribution in [0.2, 0.25) is 0 Å². The van der Waals surface area contributed by atoms with E-state index in [4.69, 9.17) is 4.74 Å². The molecule has 0 heterocycles. The normalized spacial score (nSPS) is 10.6. The quantitative estimate of drug-likeness (QED) is 0.621. The minimum atomic E-state index is -0.706. The van der Waals surface area contributed by atoms with Crippen molar-refractivity contribution in [3.63, 3.8) is 0 Å². The lowest BCUT2D eigenvalue weighted by atomic mass is 10.2. The number of carbonyl (C=O) groups excluding carboxylic acids is 2. The lowest BCUT2D eigenvalue weighted by Gasteiger charge is -2.11. The van der Waals surface area contributed by atoms with E-state index in [2.05, 4.69) is 14.8 Å². The largest absolute Gasteiger partial charge is 0.497 e. The summed E-state index contributed by atoms with van der Waals surface area (Å²) in [6.07, 6.45) is 0.431. The van der Waals surface area contributed by atoms with Gasteiger partial charge in [-0.25, -0.2) is 4.79 Å². The number of rotatable bonds is 6. The smallest absolute Gasteiger partial charge is 0.330 e. The second kappa shape index (κ2) is 10.8. The third-order valence-corrected chi connectivity index (χ3v) is 2.31. The van der Waals surface area contributed by atoms with Crippen molar-refractivity contribution in [3.05, 3.63) is 29.8 Å². The number of hydrogen-bond donors (Lipinski definition) is 1. The molecule has 0 aliphatic carbocycles. The highest BCUT2D eigenvalue weighted by molar-refractivity contribution is 5.78. The Kier molecular flexibility index (Phi) is 9.68. The number of esters is 1. The molecule has 20 heavy (non-hydrogen) atoms.